The number of nitrogens with zero attached hydrogens (tertiary/aromatic N) is 2. The lowest BCUT2D eigenvalue weighted by Gasteiger charge is -2.11. The fraction of sp³-hybridized carbons (Fsp3) is 0.375. The van der Waals surface area contributed by atoms with Crippen molar-refractivity contribution in [3.63, 3.8) is 0 Å². The second-order valence-corrected chi connectivity index (χ2v) is 6.61. The molecule has 21 heavy (non-hydrogen) atoms. The van der Waals surface area contributed by atoms with E-state index in [4.69, 9.17) is 17.3 Å². The molecule has 1 heterocycles. The largest absolute Gasteiger partial charge is 0.327 e. The zero-order valence-electron chi connectivity index (χ0n) is 12.6. The molecule has 0 spiro atoms. The van der Waals surface area contributed by atoms with Gasteiger partial charge in [-0.2, -0.15) is 0 Å². The Balaban J connectivity index is 2.16. The number of hydrogen-bond acceptors (Lipinski definition) is 4. The zero-order valence-corrected chi connectivity index (χ0v) is 14.1. The highest BCUT2D eigenvalue weighted by molar-refractivity contribution is 7.99. The van der Waals surface area contributed by atoms with Crippen LogP contribution in [0.1, 0.15) is 30.3 Å². The molecular weight excluding hydrogens is 302 g/mol. The first-order valence-corrected chi connectivity index (χ1v) is 8.21. The minimum Gasteiger partial charge on any atom is -0.327 e. The summed E-state index contributed by atoms with van der Waals surface area (Å²) in [6.07, 6.45) is 1.75. The van der Waals surface area contributed by atoms with E-state index >= 15 is 0 Å². The predicted molar refractivity (Wildman–Crippen MR) is 89.1 cm³/mol. The molecule has 0 aliphatic carbocycles. The van der Waals surface area contributed by atoms with Crippen LogP contribution >= 0.6 is 23.4 Å². The first-order valence-electron chi connectivity index (χ1n) is 7.02. The van der Waals surface area contributed by atoms with E-state index in [0.29, 0.717) is 0 Å². The van der Waals surface area contributed by atoms with Gasteiger partial charge in [0.05, 0.1) is 0 Å². The first-order chi connectivity index (χ1) is 9.97. The maximum atomic E-state index is 6.35. The van der Waals surface area contributed by atoms with Crippen LogP contribution in [0.15, 0.2) is 34.3 Å². The molecule has 2 N–H and O–H groups in total. The summed E-state index contributed by atoms with van der Waals surface area (Å²) in [6, 6.07) is 8.18. The Morgan fingerprint density at radius 1 is 1.19 bits per heavy atom. The molecule has 0 bridgehead atoms. The van der Waals surface area contributed by atoms with E-state index in [1.54, 1.807) is 0 Å². The molecule has 112 valence electrons. The van der Waals surface area contributed by atoms with Gasteiger partial charge in [0.1, 0.15) is 0 Å². The summed E-state index contributed by atoms with van der Waals surface area (Å²) in [5.74, 6) is 0. The third-order valence-electron chi connectivity index (χ3n) is 3.20. The predicted octanol–water partition coefficient (Wildman–Crippen LogP) is 4.18. The molecule has 0 aliphatic rings. The third-order valence-corrected chi connectivity index (χ3v) is 4.41. The van der Waals surface area contributed by atoms with Gasteiger partial charge in [-0.15, -0.1) is 0 Å². The number of rotatable bonds is 5. The number of nitrogens with two attached hydrogens (primary N) is 1. The van der Waals surface area contributed by atoms with Gasteiger partial charge in [-0.25, -0.2) is 9.97 Å². The lowest BCUT2D eigenvalue weighted by molar-refractivity contribution is 0.646. The average Bonchev–Trinajstić information content (AvgIpc) is 2.40. The Morgan fingerprint density at radius 3 is 2.43 bits per heavy atom. The van der Waals surface area contributed by atoms with Gasteiger partial charge in [-0.3, -0.25) is 0 Å². The normalized spacial score (nSPS) is 12.4. The van der Waals surface area contributed by atoms with Gasteiger partial charge >= 0.3 is 0 Å². The Bertz CT molecular complexity index is 611. The van der Waals surface area contributed by atoms with Crippen LogP contribution in [0.25, 0.3) is 0 Å². The molecule has 1 aromatic carbocycles. The molecule has 2 rings (SSSR count). The van der Waals surface area contributed by atoms with Crippen LogP contribution in [-0.2, 0) is 6.42 Å². The van der Waals surface area contributed by atoms with Gasteiger partial charge < -0.3 is 5.73 Å². The van der Waals surface area contributed by atoms with Crippen molar-refractivity contribution in [3.8, 4) is 0 Å². The Hall–Kier alpha value is -1.10. The quantitative estimate of drug-likeness (QED) is 0.839. The minimum absolute atomic E-state index is 0.156. The smallest absolute Gasteiger partial charge is 0.192 e. The fourth-order valence-electron chi connectivity index (χ4n) is 2.03. The first kappa shape index (κ1) is 16.3. The van der Waals surface area contributed by atoms with Crippen molar-refractivity contribution >= 4 is 23.4 Å². The van der Waals surface area contributed by atoms with Crippen molar-refractivity contribution in [3.05, 3.63) is 46.2 Å². The summed E-state index contributed by atoms with van der Waals surface area (Å²) in [6.45, 7) is 6.03. The zero-order chi connectivity index (χ0) is 15.4. The van der Waals surface area contributed by atoms with Gasteiger partial charge in [0.25, 0.3) is 0 Å². The standard InChI is InChI=1S/C16H20ClN3S/c1-4-13(18)8-12-5-6-14(9-15(12)17)21-16-19-10(2)7-11(3)20-16/h5-7,9,13H,4,8,18H2,1-3H3. The van der Waals surface area contributed by atoms with Crippen molar-refractivity contribution in [1.29, 1.82) is 0 Å². The fourth-order valence-corrected chi connectivity index (χ4v) is 3.25. The van der Waals surface area contributed by atoms with Crippen molar-refractivity contribution in [2.24, 2.45) is 5.73 Å². The summed E-state index contributed by atoms with van der Waals surface area (Å²) in [7, 11) is 0. The van der Waals surface area contributed by atoms with Crippen LogP contribution in [0.4, 0.5) is 0 Å². The SMILES string of the molecule is CCC(N)Cc1ccc(Sc2nc(C)cc(C)n2)cc1Cl. The van der Waals surface area contributed by atoms with Gasteiger partial charge in [-0.05, 0) is 62.2 Å². The van der Waals surface area contributed by atoms with Crippen LogP contribution < -0.4 is 5.73 Å². The number of aromatic nitrogens is 2. The molecule has 0 radical (unpaired) electrons. The molecule has 3 nitrogen and oxygen atoms in total. The van der Waals surface area contributed by atoms with E-state index in [-0.39, 0.29) is 6.04 Å². The Labute approximate surface area is 135 Å². The Morgan fingerprint density at radius 2 is 1.86 bits per heavy atom. The van der Waals surface area contributed by atoms with E-state index in [1.807, 2.05) is 32.0 Å². The van der Waals surface area contributed by atoms with E-state index < -0.39 is 0 Å². The highest BCUT2D eigenvalue weighted by Crippen LogP contribution is 2.29. The Kier molecular flexibility index (Phi) is 5.62. The molecule has 0 fully saturated rings. The summed E-state index contributed by atoms with van der Waals surface area (Å²) >= 11 is 7.88. The summed E-state index contributed by atoms with van der Waals surface area (Å²) in [5, 5.41) is 1.51. The van der Waals surface area contributed by atoms with Crippen LogP contribution in [0, 0.1) is 13.8 Å². The van der Waals surface area contributed by atoms with E-state index in [1.165, 1.54) is 11.8 Å². The van der Waals surface area contributed by atoms with Gasteiger partial charge in [0, 0.05) is 27.3 Å². The average molecular weight is 322 g/mol. The lowest BCUT2D eigenvalue weighted by atomic mass is 10.1. The van der Waals surface area contributed by atoms with Crippen LogP contribution in [0.5, 0.6) is 0 Å². The summed E-state index contributed by atoms with van der Waals surface area (Å²) in [5.41, 5.74) is 9.03. The molecule has 1 atom stereocenters. The highest BCUT2D eigenvalue weighted by atomic mass is 35.5. The molecular formula is C16H20ClN3S. The van der Waals surface area contributed by atoms with E-state index in [0.717, 1.165) is 44.9 Å². The van der Waals surface area contributed by atoms with Crippen LogP contribution in [0.3, 0.4) is 0 Å². The number of halogens is 1. The number of benzene rings is 1. The van der Waals surface area contributed by atoms with Crippen LogP contribution in [-0.4, -0.2) is 16.0 Å². The van der Waals surface area contributed by atoms with E-state index in [9.17, 15) is 0 Å². The molecule has 0 saturated heterocycles. The summed E-state index contributed by atoms with van der Waals surface area (Å²) in [4.78, 5) is 9.90. The van der Waals surface area contributed by atoms with Crippen LogP contribution in [0.2, 0.25) is 5.02 Å². The molecule has 2 aromatic rings. The van der Waals surface area contributed by atoms with Gasteiger partial charge in [-0.1, -0.05) is 24.6 Å². The molecule has 1 aromatic heterocycles. The minimum atomic E-state index is 0.156. The molecule has 5 heteroatoms. The molecule has 1 unspecified atom stereocenters. The maximum Gasteiger partial charge on any atom is 0.192 e. The lowest BCUT2D eigenvalue weighted by Crippen LogP contribution is -2.21. The van der Waals surface area contributed by atoms with Crippen molar-refractivity contribution < 1.29 is 0 Å². The number of aryl methyl sites for hydroxylation is 2. The molecule has 0 saturated carbocycles. The maximum absolute atomic E-state index is 6.35. The second kappa shape index (κ2) is 7.25. The highest BCUT2D eigenvalue weighted by Gasteiger charge is 2.08. The monoisotopic (exact) mass is 321 g/mol. The van der Waals surface area contributed by atoms with Crippen molar-refractivity contribution in [2.75, 3.05) is 0 Å². The second-order valence-electron chi connectivity index (χ2n) is 5.16. The molecule has 0 amide bonds. The third kappa shape index (κ3) is 4.70. The topological polar surface area (TPSA) is 51.8 Å². The number of hydrogen-bond donors (Lipinski definition) is 1. The van der Waals surface area contributed by atoms with Crippen molar-refractivity contribution in [2.45, 2.75) is 49.7 Å². The van der Waals surface area contributed by atoms with Crippen molar-refractivity contribution in [1.82, 2.24) is 9.97 Å². The van der Waals surface area contributed by atoms with Gasteiger partial charge in [0.2, 0.25) is 0 Å². The molecule has 0 aliphatic heterocycles. The summed E-state index contributed by atoms with van der Waals surface area (Å²) < 4.78 is 0. The van der Waals surface area contributed by atoms with Gasteiger partial charge in [0.15, 0.2) is 5.16 Å². The van der Waals surface area contributed by atoms with E-state index in [2.05, 4.69) is 23.0 Å².